The normalized spacial score (nSPS) is 16.1. The first-order chi connectivity index (χ1) is 10.2. The summed E-state index contributed by atoms with van der Waals surface area (Å²) in [5.74, 6) is 1.14. The summed E-state index contributed by atoms with van der Waals surface area (Å²) in [6.07, 6.45) is 2.24. The average Bonchev–Trinajstić information content (AvgIpc) is 2.71. The van der Waals surface area contributed by atoms with Gasteiger partial charge in [-0.2, -0.15) is 0 Å². The lowest BCUT2D eigenvalue weighted by Crippen LogP contribution is -2.34. The average molecular weight is 286 g/mol. The second-order valence-corrected chi connectivity index (χ2v) is 5.64. The van der Waals surface area contributed by atoms with Gasteiger partial charge in [0.2, 0.25) is 5.91 Å². The Hall–Kier alpha value is -1.88. The molecule has 5 nitrogen and oxygen atoms in total. The van der Waals surface area contributed by atoms with Gasteiger partial charge in [-0.15, -0.1) is 0 Å². The Bertz CT molecular complexity index is 626. The first-order valence-electron chi connectivity index (χ1n) is 7.67. The van der Waals surface area contributed by atoms with Gasteiger partial charge in [0, 0.05) is 32.5 Å². The fourth-order valence-corrected chi connectivity index (χ4v) is 2.82. The number of aromatic amines is 1. The highest BCUT2D eigenvalue weighted by Gasteiger charge is 2.15. The van der Waals surface area contributed by atoms with E-state index >= 15 is 0 Å². The molecule has 1 aromatic carbocycles. The molecule has 1 aliphatic rings. The number of carbonyl (C=O) groups is 1. The van der Waals surface area contributed by atoms with Gasteiger partial charge in [-0.1, -0.05) is 12.1 Å². The molecule has 21 heavy (non-hydrogen) atoms. The van der Waals surface area contributed by atoms with Crippen molar-refractivity contribution < 1.29 is 4.79 Å². The monoisotopic (exact) mass is 286 g/mol. The Kier molecular flexibility index (Phi) is 4.20. The Morgan fingerprint density at radius 1 is 1.33 bits per heavy atom. The molecule has 2 N–H and O–H groups in total. The summed E-state index contributed by atoms with van der Waals surface area (Å²) in [6, 6.07) is 6.11. The summed E-state index contributed by atoms with van der Waals surface area (Å²) >= 11 is 0. The van der Waals surface area contributed by atoms with Crippen LogP contribution in [0.5, 0.6) is 0 Å². The Morgan fingerprint density at radius 3 is 3.10 bits per heavy atom. The van der Waals surface area contributed by atoms with Crippen LogP contribution in [0.1, 0.15) is 24.2 Å². The van der Waals surface area contributed by atoms with Crippen molar-refractivity contribution in [1.29, 1.82) is 0 Å². The Morgan fingerprint density at radius 2 is 2.24 bits per heavy atom. The van der Waals surface area contributed by atoms with Crippen LogP contribution < -0.4 is 5.32 Å². The van der Waals surface area contributed by atoms with Gasteiger partial charge in [-0.3, -0.25) is 4.79 Å². The van der Waals surface area contributed by atoms with E-state index in [0.717, 1.165) is 49.5 Å². The quantitative estimate of drug-likeness (QED) is 0.901. The zero-order valence-corrected chi connectivity index (χ0v) is 12.5. The van der Waals surface area contributed by atoms with Crippen molar-refractivity contribution in [2.24, 2.45) is 0 Å². The second-order valence-electron chi connectivity index (χ2n) is 5.64. The third-order valence-electron chi connectivity index (χ3n) is 4.03. The highest BCUT2D eigenvalue weighted by molar-refractivity contribution is 5.79. The number of aromatic nitrogens is 2. The van der Waals surface area contributed by atoms with Crippen molar-refractivity contribution in [3.63, 3.8) is 0 Å². The van der Waals surface area contributed by atoms with Crippen LogP contribution in [-0.4, -0.2) is 47.0 Å². The molecular formula is C16H22N4O. The molecule has 0 spiro atoms. The Balaban J connectivity index is 1.63. The molecule has 2 heterocycles. The van der Waals surface area contributed by atoms with Crippen LogP contribution in [-0.2, 0) is 11.2 Å². The van der Waals surface area contributed by atoms with Crippen LogP contribution in [0.4, 0.5) is 0 Å². The van der Waals surface area contributed by atoms with Gasteiger partial charge in [-0.25, -0.2) is 4.98 Å². The number of nitrogens with one attached hydrogen (secondary N) is 2. The van der Waals surface area contributed by atoms with E-state index in [1.165, 1.54) is 5.56 Å². The molecule has 0 saturated carbocycles. The van der Waals surface area contributed by atoms with Gasteiger partial charge in [0.25, 0.3) is 0 Å². The zero-order chi connectivity index (χ0) is 14.7. The predicted molar refractivity (Wildman–Crippen MR) is 83.2 cm³/mol. The van der Waals surface area contributed by atoms with Crippen LogP contribution in [0.15, 0.2) is 18.2 Å². The number of rotatable bonds is 3. The lowest BCUT2D eigenvalue weighted by atomic mass is 10.2. The highest BCUT2D eigenvalue weighted by atomic mass is 16.2. The number of imidazole rings is 1. The SMILES string of the molecule is Cc1cccc2[nH]c(CCC(=O)N3CCCNCC3)nc12. The van der Waals surface area contributed by atoms with E-state index in [1.807, 2.05) is 17.0 Å². The maximum Gasteiger partial charge on any atom is 0.223 e. The Labute approximate surface area is 124 Å². The van der Waals surface area contributed by atoms with Crippen LogP contribution >= 0.6 is 0 Å². The molecule has 1 aromatic heterocycles. The number of fused-ring (bicyclic) bond motifs is 1. The summed E-state index contributed by atoms with van der Waals surface area (Å²) in [5.41, 5.74) is 3.23. The number of carbonyl (C=O) groups excluding carboxylic acids is 1. The molecule has 0 unspecified atom stereocenters. The van der Waals surface area contributed by atoms with Gasteiger partial charge in [0.1, 0.15) is 5.82 Å². The summed E-state index contributed by atoms with van der Waals surface area (Å²) < 4.78 is 0. The molecule has 0 radical (unpaired) electrons. The number of hydrogen-bond acceptors (Lipinski definition) is 3. The fourth-order valence-electron chi connectivity index (χ4n) is 2.82. The minimum Gasteiger partial charge on any atom is -0.342 e. The van der Waals surface area contributed by atoms with Crippen LogP contribution in [0.3, 0.4) is 0 Å². The lowest BCUT2D eigenvalue weighted by Gasteiger charge is -2.19. The maximum absolute atomic E-state index is 12.3. The zero-order valence-electron chi connectivity index (χ0n) is 12.5. The van der Waals surface area contributed by atoms with E-state index in [1.54, 1.807) is 0 Å². The van der Waals surface area contributed by atoms with Gasteiger partial charge >= 0.3 is 0 Å². The smallest absolute Gasteiger partial charge is 0.223 e. The molecule has 5 heteroatoms. The standard InChI is InChI=1S/C16H22N4O/c1-12-4-2-5-13-16(12)19-14(18-13)6-7-15(21)20-10-3-8-17-9-11-20/h2,4-5,17H,3,6-11H2,1H3,(H,18,19). The van der Waals surface area contributed by atoms with E-state index in [-0.39, 0.29) is 5.91 Å². The molecule has 1 aliphatic heterocycles. The second kappa shape index (κ2) is 6.26. The molecule has 0 aliphatic carbocycles. The van der Waals surface area contributed by atoms with E-state index in [4.69, 9.17) is 0 Å². The van der Waals surface area contributed by atoms with Gasteiger partial charge in [-0.05, 0) is 31.5 Å². The number of para-hydroxylation sites is 1. The van der Waals surface area contributed by atoms with Crippen molar-refractivity contribution in [2.75, 3.05) is 26.2 Å². The molecule has 0 atom stereocenters. The van der Waals surface area contributed by atoms with Crippen molar-refractivity contribution in [1.82, 2.24) is 20.2 Å². The van der Waals surface area contributed by atoms with Crippen LogP contribution in [0.25, 0.3) is 11.0 Å². The van der Waals surface area contributed by atoms with E-state index in [9.17, 15) is 4.79 Å². The number of nitrogens with zero attached hydrogens (tertiary/aromatic N) is 2. The number of amides is 1. The highest BCUT2D eigenvalue weighted by Crippen LogP contribution is 2.16. The molecule has 2 aromatic rings. The molecule has 1 amide bonds. The lowest BCUT2D eigenvalue weighted by molar-refractivity contribution is -0.131. The van der Waals surface area contributed by atoms with Crippen molar-refractivity contribution in [3.8, 4) is 0 Å². The first-order valence-corrected chi connectivity index (χ1v) is 7.67. The minimum absolute atomic E-state index is 0.232. The summed E-state index contributed by atoms with van der Waals surface area (Å²) in [5, 5.41) is 3.32. The van der Waals surface area contributed by atoms with E-state index < -0.39 is 0 Å². The number of benzene rings is 1. The van der Waals surface area contributed by atoms with E-state index in [2.05, 4.69) is 28.3 Å². The minimum atomic E-state index is 0.232. The molecule has 112 valence electrons. The summed E-state index contributed by atoms with van der Waals surface area (Å²) in [6.45, 7) is 5.65. The van der Waals surface area contributed by atoms with E-state index in [0.29, 0.717) is 12.8 Å². The van der Waals surface area contributed by atoms with Gasteiger partial charge < -0.3 is 15.2 Å². The van der Waals surface area contributed by atoms with Crippen molar-refractivity contribution in [3.05, 3.63) is 29.6 Å². The van der Waals surface area contributed by atoms with Gasteiger partial charge in [0.15, 0.2) is 0 Å². The molecule has 3 rings (SSSR count). The largest absolute Gasteiger partial charge is 0.342 e. The topological polar surface area (TPSA) is 61.0 Å². The van der Waals surface area contributed by atoms with Gasteiger partial charge in [0.05, 0.1) is 11.0 Å². The maximum atomic E-state index is 12.3. The number of hydrogen-bond donors (Lipinski definition) is 2. The molecule has 1 saturated heterocycles. The number of aryl methyl sites for hydroxylation is 2. The molecule has 1 fully saturated rings. The summed E-state index contributed by atoms with van der Waals surface area (Å²) in [7, 11) is 0. The van der Waals surface area contributed by atoms with Crippen molar-refractivity contribution in [2.45, 2.75) is 26.2 Å². The van der Waals surface area contributed by atoms with Crippen molar-refractivity contribution >= 4 is 16.9 Å². The number of H-pyrrole nitrogens is 1. The van der Waals surface area contributed by atoms with Crippen LogP contribution in [0.2, 0.25) is 0 Å². The predicted octanol–water partition coefficient (Wildman–Crippen LogP) is 1.63. The molecular weight excluding hydrogens is 264 g/mol. The first kappa shape index (κ1) is 14.1. The summed E-state index contributed by atoms with van der Waals surface area (Å²) in [4.78, 5) is 22.2. The van der Waals surface area contributed by atoms with Crippen LogP contribution in [0, 0.1) is 6.92 Å². The third kappa shape index (κ3) is 3.24. The fraction of sp³-hybridized carbons (Fsp3) is 0.500. The third-order valence-corrected chi connectivity index (χ3v) is 4.03. The molecule has 0 bridgehead atoms.